The number of aliphatic hydroxyl groups excluding tert-OH is 1. The van der Waals surface area contributed by atoms with Crippen LogP contribution in [0.3, 0.4) is 0 Å². The molecule has 0 aliphatic carbocycles. The number of hydrogen-bond acceptors (Lipinski definition) is 9. The number of esters is 1. The summed E-state index contributed by atoms with van der Waals surface area (Å²) in [5.41, 5.74) is -0.713. The van der Waals surface area contributed by atoms with Gasteiger partial charge in [-0.05, 0) is 18.9 Å². The summed E-state index contributed by atoms with van der Waals surface area (Å²) in [6, 6.07) is 7.70. The van der Waals surface area contributed by atoms with Gasteiger partial charge in [0.2, 0.25) is 17.7 Å². The number of rotatable bonds is 6. The predicted molar refractivity (Wildman–Crippen MR) is 166 cm³/mol. The van der Waals surface area contributed by atoms with Crippen molar-refractivity contribution in [1.29, 1.82) is 0 Å². The highest BCUT2D eigenvalue weighted by atomic mass is 16.6. The third kappa shape index (κ3) is 5.87. The molecule has 0 saturated carbocycles. The van der Waals surface area contributed by atoms with Crippen molar-refractivity contribution >= 4 is 23.7 Å². The van der Waals surface area contributed by atoms with E-state index in [2.05, 4.69) is 4.90 Å². The Morgan fingerprint density at radius 1 is 0.978 bits per heavy atom. The zero-order chi connectivity index (χ0) is 32.4. The zero-order valence-corrected chi connectivity index (χ0v) is 26.5. The number of fused-ring (bicyclic) bond motifs is 2. The lowest BCUT2D eigenvalue weighted by Crippen LogP contribution is -2.56. The van der Waals surface area contributed by atoms with Crippen molar-refractivity contribution in [3.63, 3.8) is 0 Å². The number of morpholine rings is 1. The van der Waals surface area contributed by atoms with Crippen LogP contribution in [0.2, 0.25) is 0 Å². The van der Waals surface area contributed by atoms with E-state index in [0.717, 1.165) is 18.7 Å². The first kappa shape index (κ1) is 32.4. The Bertz CT molecular complexity index is 1360. The van der Waals surface area contributed by atoms with E-state index in [1.54, 1.807) is 35.1 Å². The maximum Gasteiger partial charge on any atom is 0.313 e. The lowest BCUT2D eigenvalue weighted by molar-refractivity contribution is -0.164. The van der Waals surface area contributed by atoms with Crippen molar-refractivity contribution in [3.8, 4) is 0 Å². The van der Waals surface area contributed by atoms with Crippen molar-refractivity contribution in [2.75, 3.05) is 66.1 Å². The summed E-state index contributed by atoms with van der Waals surface area (Å²) in [4.78, 5) is 63.1. The maximum absolute atomic E-state index is 14.4. The number of cyclic esters (lactones) is 1. The summed E-state index contributed by atoms with van der Waals surface area (Å²) in [6.45, 7) is 5.73. The topological polar surface area (TPSA) is 129 Å². The number of aliphatic hydroxyl groups is 1. The molecule has 0 bridgehead atoms. The van der Waals surface area contributed by atoms with Crippen molar-refractivity contribution in [2.24, 2.45) is 11.8 Å². The molecule has 1 aromatic carbocycles. The Morgan fingerprint density at radius 3 is 2.48 bits per heavy atom. The van der Waals surface area contributed by atoms with Gasteiger partial charge in [-0.1, -0.05) is 54.6 Å². The van der Waals surface area contributed by atoms with Gasteiger partial charge in [0.05, 0.1) is 37.9 Å². The molecule has 0 aromatic heterocycles. The fourth-order valence-corrected chi connectivity index (χ4v) is 7.57. The minimum Gasteiger partial charge on any atom is -0.455 e. The molecule has 5 aliphatic rings. The SMILES string of the molecule is C[C@H]1[C@H](c2ccccc2)OC(=O)[C@@H]2[C@H](/C=C\CCC(=O)N1C)O[C@@]13C=CCN(CCN4CCOCC4)C(=O)[C@@H]1N(CCO)C(=O)[C@@H]23. The fraction of sp³-hybridized carbons (Fsp3) is 0.588. The average molecular weight is 637 g/mol. The van der Waals surface area contributed by atoms with E-state index in [0.29, 0.717) is 39.3 Å². The normalized spacial score (nSPS) is 34.7. The van der Waals surface area contributed by atoms with Crippen molar-refractivity contribution in [2.45, 2.75) is 49.7 Å². The Labute approximate surface area is 269 Å². The fourth-order valence-electron chi connectivity index (χ4n) is 7.57. The van der Waals surface area contributed by atoms with E-state index in [9.17, 15) is 24.3 Å². The second kappa shape index (κ2) is 13.6. The van der Waals surface area contributed by atoms with Crippen LogP contribution in [0, 0.1) is 11.8 Å². The van der Waals surface area contributed by atoms with Crippen molar-refractivity contribution < 1.29 is 38.5 Å². The first-order chi connectivity index (χ1) is 22.3. The number of benzene rings is 1. The highest BCUT2D eigenvalue weighted by Crippen LogP contribution is 2.53. The quantitative estimate of drug-likeness (QED) is 0.356. The van der Waals surface area contributed by atoms with Crippen LogP contribution in [-0.4, -0.2) is 138 Å². The van der Waals surface area contributed by atoms with E-state index in [4.69, 9.17) is 14.2 Å². The monoisotopic (exact) mass is 636 g/mol. The molecule has 248 valence electrons. The van der Waals surface area contributed by atoms with Crippen LogP contribution in [0.5, 0.6) is 0 Å². The van der Waals surface area contributed by atoms with Crippen LogP contribution in [0.25, 0.3) is 0 Å². The molecule has 6 rings (SSSR count). The number of likely N-dealkylation sites (tertiary alicyclic amines) is 1. The predicted octanol–water partition coefficient (Wildman–Crippen LogP) is 0.772. The molecule has 5 aliphatic heterocycles. The molecule has 1 N–H and O–H groups in total. The van der Waals surface area contributed by atoms with E-state index in [1.807, 2.05) is 43.3 Å². The molecular weight excluding hydrogens is 592 g/mol. The molecule has 0 radical (unpaired) electrons. The summed E-state index contributed by atoms with van der Waals surface area (Å²) in [5, 5.41) is 9.99. The van der Waals surface area contributed by atoms with E-state index < -0.39 is 53.6 Å². The molecule has 0 unspecified atom stereocenters. The van der Waals surface area contributed by atoms with Gasteiger partial charge in [0.15, 0.2) is 0 Å². The summed E-state index contributed by atoms with van der Waals surface area (Å²) in [6.07, 6.45) is 6.18. The highest BCUT2D eigenvalue weighted by molar-refractivity contribution is 5.99. The van der Waals surface area contributed by atoms with E-state index in [-0.39, 0.29) is 31.4 Å². The first-order valence-electron chi connectivity index (χ1n) is 16.3. The van der Waals surface area contributed by atoms with Crippen molar-refractivity contribution in [3.05, 3.63) is 60.2 Å². The Kier molecular flexibility index (Phi) is 9.60. The molecule has 5 heterocycles. The second-order valence-corrected chi connectivity index (χ2v) is 12.7. The van der Waals surface area contributed by atoms with Crippen molar-refractivity contribution in [1.82, 2.24) is 19.6 Å². The molecule has 12 nitrogen and oxygen atoms in total. The molecule has 3 fully saturated rings. The molecular formula is C34H44N4O8. The second-order valence-electron chi connectivity index (χ2n) is 12.7. The van der Waals surface area contributed by atoms with Gasteiger partial charge in [0, 0.05) is 52.7 Å². The van der Waals surface area contributed by atoms with Crippen LogP contribution in [0.4, 0.5) is 0 Å². The van der Waals surface area contributed by atoms with Crippen LogP contribution in [0.1, 0.15) is 31.4 Å². The Morgan fingerprint density at radius 2 is 1.74 bits per heavy atom. The molecule has 3 amide bonds. The van der Waals surface area contributed by atoms with Crippen LogP contribution in [-0.2, 0) is 33.4 Å². The van der Waals surface area contributed by atoms with E-state index in [1.165, 1.54) is 4.90 Å². The lowest BCUT2D eigenvalue weighted by atomic mass is 9.77. The largest absolute Gasteiger partial charge is 0.455 e. The number of ether oxygens (including phenoxy) is 3. The third-order valence-electron chi connectivity index (χ3n) is 10.1. The smallest absolute Gasteiger partial charge is 0.313 e. The Balaban J connectivity index is 1.36. The number of β-amino-alcohol motifs (C(OH)–C–C–N with tert-alkyl or cyclic N) is 1. The van der Waals surface area contributed by atoms with Gasteiger partial charge in [-0.25, -0.2) is 0 Å². The van der Waals surface area contributed by atoms with Crippen LogP contribution in [0.15, 0.2) is 54.6 Å². The minimum absolute atomic E-state index is 0.0686. The number of allylic oxidation sites excluding steroid dienone is 1. The lowest BCUT2D eigenvalue weighted by Gasteiger charge is -2.36. The Hall–Kier alpha value is -3.58. The third-order valence-corrected chi connectivity index (χ3v) is 10.1. The number of likely N-dealkylation sites (N-methyl/N-ethyl adjacent to an activating group) is 1. The number of nitrogens with zero attached hydrogens (tertiary/aromatic N) is 4. The summed E-state index contributed by atoms with van der Waals surface area (Å²) < 4.78 is 18.4. The summed E-state index contributed by atoms with van der Waals surface area (Å²) in [5.74, 6) is -3.51. The van der Waals surface area contributed by atoms with Crippen LogP contribution >= 0.6 is 0 Å². The molecule has 1 spiro atoms. The van der Waals surface area contributed by atoms with Gasteiger partial charge >= 0.3 is 5.97 Å². The van der Waals surface area contributed by atoms with Gasteiger partial charge in [0.1, 0.15) is 23.7 Å². The first-order valence-corrected chi connectivity index (χ1v) is 16.3. The highest BCUT2D eigenvalue weighted by Gasteiger charge is 2.71. The zero-order valence-electron chi connectivity index (χ0n) is 26.5. The average Bonchev–Trinajstić information content (AvgIpc) is 3.45. The van der Waals surface area contributed by atoms with E-state index >= 15 is 0 Å². The number of hydrogen-bond donors (Lipinski definition) is 1. The molecule has 46 heavy (non-hydrogen) atoms. The number of carbonyl (C=O) groups is 4. The summed E-state index contributed by atoms with van der Waals surface area (Å²) in [7, 11) is 1.70. The van der Waals surface area contributed by atoms with Gasteiger partial charge in [-0.3, -0.25) is 24.1 Å². The van der Waals surface area contributed by atoms with Crippen LogP contribution < -0.4 is 0 Å². The minimum atomic E-state index is -1.43. The molecule has 1 aromatic rings. The van der Waals surface area contributed by atoms with Gasteiger partial charge < -0.3 is 34.0 Å². The van der Waals surface area contributed by atoms with Gasteiger partial charge in [0.25, 0.3) is 0 Å². The maximum atomic E-state index is 14.4. The summed E-state index contributed by atoms with van der Waals surface area (Å²) >= 11 is 0. The van der Waals surface area contributed by atoms with Gasteiger partial charge in [-0.15, -0.1) is 0 Å². The number of carbonyl (C=O) groups excluding carboxylic acids is 4. The number of amides is 3. The molecule has 12 heteroatoms. The molecule has 3 saturated heterocycles. The standard InChI is InChI=1S/C34H44N4O8/c1-23-29(24-9-4-3-5-10-24)45-33(43)27-25(11-6-7-12-26(40)35(23)2)46-34-13-8-14-37(16-15-36-18-21-44-22-19-36)32(42)30(34)38(17-20-39)31(41)28(27)34/h3-6,8-11,13,23,25,27-30,39H,7,12,14-22H2,1-2H3/b11-6-/t23-,25-,27+,28+,29+,30-,34+/m0/s1. The molecule has 7 atom stereocenters. The van der Waals surface area contributed by atoms with Gasteiger partial charge in [-0.2, -0.15) is 0 Å².